The molecule has 1 aromatic rings. The molecule has 0 fully saturated rings. The van der Waals surface area contributed by atoms with Crippen molar-refractivity contribution in [3.05, 3.63) is 16.8 Å². The molecule has 9 heteroatoms. The summed E-state index contributed by atoms with van der Waals surface area (Å²) in [4.78, 5) is 11.1. The van der Waals surface area contributed by atoms with Gasteiger partial charge in [-0.2, -0.15) is 18.3 Å². The highest BCUT2D eigenvalue weighted by molar-refractivity contribution is 5.94. The van der Waals surface area contributed by atoms with Gasteiger partial charge in [-0.1, -0.05) is 0 Å². The highest BCUT2D eigenvalue weighted by Crippen LogP contribution is 2.18. The van der Waals surface area contributed by atoms with Crippen LogP contribution < -0.4 is 5.32 Å². The highest BCUT2D eigenvalue weighted by Gasteiger charge is 2.27. The number of aryl methyl sites for hydroxylation is 1. The number of anilines is 1. The summed E-state index contributed by atoms with van der Waals surface area (Å²) >= 11 is 0. The molecule has 0 aromatic carbocycles. The van der Waals surface area contributed by atoms with Gasteiger partial charge in [-0.05, 0) is 19.4 Å². The number of carboxylic acid groups (broad SMARTS) is 1. The molecular formula is C11H14F3N3O3. The monoisotopic (exact) mass is 293 g/mol. The third-order valence-corrected chi connectivity index (χ3v) is 2.47. The van der Waals surface area contributed by atoms with Crippen molar-refractivity contribution in [1.29, 1.82) is 0 Å². The molecule has 0 saturated heterocycles. The van der Waals surface area contributed by atoms with Crippen LogP contribution in [0.5, 0.6) is 0 Å². The Morgan fingerprint density at radius 2 is 2.00 bits per heavy atom. The smallest absolute Gasteiger partial charge is 0.411 e. The summed E-state index contributed by atoms with van der Waals surface area (Å²) in [5, 5.41) is 19.1. The van der Waals surface area contributed by atoms with E-state index in [9.17, 15) is 18.0 Å². The van der Waals surface area contributed by atoms with Gasteiger partial charge in [-0.3, -0.25) is 0 Å². The second-order valence-corrected chi connectivity index (χ2v) is 4.03. The van der Waals surface area contributed by atoms with E-state index in [1.54, 1.807) is 13.8 Å². The molecular weight excluding hydrogens is 279 g/mol. The quantitative estimate of drug-likeness (QED) is 0.778. The minimum atomic E-state index is -4.38. The first-order valence-corrected chi connectivity index (χ1v) is 5.68. The Morgan fingerprint density at radius 1 is 1.35 bits per heavy atom. The van der Waals surface area contributed by atoms with Crippen LogP contribution in [-0.2, 0) is 4.74 Å². The van der Waals surface area contributed by atoms with Gasteiger partial charge in [-0.25, -0.2) is 4.79 Å². The lowest BCUT2D eigenvalue weighted by Crippen LogP contribution is -2.21. The lowest BCUT2D eigenvalue weighted by Gasteiger charge is -2.12. The topological polar surface area (TPSA) is 84.3 Å². The summed E-state index contributed by atoms with van der Waals surface area (Å²) in [5.74, 6) is -1.17. The number of hydrogen-bond donors (Lipinski definition) is 2. The van der Waals surface area contributed by atoms with Crippen LogP contribution in [0, 0.1) is 13.8 Å². The van der Waals surface area contributed by atoms with Gasteiger partial charge in [0.15, 0.2) is 5.82 Å². The van der Waals surface area contributed by atoms with Crippen LogP contribution in [0.3, 0.4) is 0 Å². The third kappa shape index (κ3) is 4.65. The molecule has 1 heterocycles. The Balaban J connectivity index is 2.61. The number of aromatic nitrogens is 2. The zero-order chi connectivity index (χ0) is 15.3. The number of carbonyl (C=O) groups is 1. The van der Waals surface area contributed by atoms with E-state index in [1.165, 1.54) is 0 Å². The maximum atomic E-state index is 11.8. The molecule has 0 aliphatic carbocycles. The molecule has 0 spiro atoms. The number of ether oxygens (including phenoxy) is 1. The molecule has 0 bridgehead atoms. The van der Waals surface area contributed by atoms with Gasteiger partial charge in [0.2, 0.25) is 0 Å². The lowest BCUT2D eigenvalue weighted by molar-refractivity contribution is -0.172. The second kappa shape index (κ2) is 6.51. The lowest BCUT2D eigenvalue weighted by atomic mass is 10.1. The van der Waals surface area contributed by atoms with Gasteiger partial charge in [0, 0.05) is 6.54 Å². The average Bonchev–Trinajstić information content (AvgIpc) is 2.31. The molecule has 6 nitrogen and oxygen atoms in total. The summed E-state index contributed by atoms with van der Waals surface area (Å²) in [7, 11) is 0. The number of aromatic carboxylic acids is 1. The van der Waals surface area contributed by atoms with Crippen molar-refractivity contribution in [2.45, 2.75) is 20.0 Å². The fraction of sp³-hybridized carbons (Fsp3) is 0.545. The van der Waals surface area contributed by atoms with Crippen LogP contribution >= 0.6 is 0 Å². The summed E-state index contributed by atoms with van der Waals surface area (Å²) in [6.07, 6.45) is -4.38. The minimum absolute atomic E-state index is 0.00641. The summed E-state index contributed by atoms with van der Waals surface area (Å²) in [5.41, 5.74) is 0.876. The predicted octanol–water partition coefficient (Wildman–Crippen LogP) is 1.78. The van der Waals surface area contributed by atoms with E-state index >= 15 is 0 Å². The SMILES string of the molecule is Cc1nnc(NCCOCC(F)(F)F)c(C(=O)O)c1C. The van der Waals surface area contributed by atoms with Crippen LogP contribution in [-0.4, -0.2) is 47.2 Å². The van der Waals surface area contributed by atoms with Gasteiger partial charge in [0.1, 0.15) is 12.2 Å². The molecule has 0 amide bonds. The van der Waals surface area contributed by atoms with Crippen molar-refractivity contribution in [3.63, 3.8) is 0 Å². The molecule has 0 radical (unpaired) electrons. The van der Waals surface area contributed by atoms with E-state index in [1.807, 2.05) is 0 Å². The van der Waals surface area contributed by atoms with E-state index in [0.717, 1.165) is 0 Å². The van der Waals surface area contributed by atoms with E-state index in [0.29, 0.717) is 11.3 Å². The molecule has 1 aromatic heterocycles. The highest BCUT2D eigenvalue weighted by atomic mass is 19.4. The Labute approximate surface area is 113 Å². The fourth-order valence-electron chi connectivity index (χ4n) is 1.42. The van der Waals surface area contributed by atoms with Crippen molar-refractivity contribution in [2.75, 3.05) is 25.1 Å². The van der Waals surface area contributed by atoms with E-state index in [2.05, 4.69) is 20.3 Å². The summed E-state index contributed by atoms with van der Waals surface area (Å²) in [6, 6.07) is 0. The largest absolute Gasteiger partial charge is 0.478 e. The van der Waals surface area contributed by atoms with Crippen molar-refractivity contribution in [1.82, 2.24) is 10.2 Å². The van der Waals surface area contributed by atoms with Crippen LogP contribution in [0.25, 0.3) is 0 Å². The van der Waals surface area contributed by atoms with Crippen LogP contribution in [0.15, 0.2) is 0 Å². The zero-order valence-electron chi connectivity index (χ0n) is 10.9. The van der Waals surface area contributed by atoms with Crippen LogP contribution in [0.1, 0.15) is 21.6 Å². The third-order valence-electron chi connectivity index (χ3n) is 2.47. The van der Waals surface area contributed by atoms with E-state index in [-0.39, 0.29) is 24.5 Å². The Hall–Kier alpha value is -1.90. The molecule has 112 valence electrons. The first-order valence-electron chi connectivity index (χ1n) is 5.68. The van der Waals surface area contributed by atoms with Crippen molar-refractivity contribution < 1.29 is 27.8 Å². The molecule has 20 heavy (non-hydrogen) atoms. The maximum absolute atomic E-state index is 11.8. The summed E-state index contributed by atoms with van der Waals surface area (Å²) in [6.45, 7) is 1.61. The van der Waals surface area contributed by atoms with E-state index in [4.69, 9.17) is 5.11 Å². The van der Waals surface area contributed by atoms with Crippen LogP contribution in [0.2, 0.25) is 0 Å². The normalized spacial score (nSPS) is 11.4. The summed E-state index contributed by atoms with van der Waals surface area (Å²) < 4.78 is 39.9. The molecule has 0 aliphatic heterocycles. The average molecular weight is 293 g/mol. The minimum Gasteiger partial charge on any atom is -0.478 e. The molecule has 0 unspecified atom stereocenters. The molecule has 0 atom stereocenters. The van der Waals surface area contributed by atoms with Gasteiger partial charge in [0.05, 0.1) is 12.3 Å². The fourth-order valence-corrected chi connectivity index (χ4v) is 1.42. The number of nitrogens with zero attached hydrogens (tertiary/aromatic N) is 2. The van der Waals surface area contributed by atoms with Crippen molar-refractivity contribution in [2.24, 2.45) is 0 Å². The number of hydrogen-bond acceptors (Lipinski definition) is 5. The van der Waals surface area contributed by atoms with Crippen molar-refractivity contribution in [3.8, 4) is 0 Å². The Bertz CT molecular complexity index is 492. The number of alkyl halides is 3. The Kier molecular flexibility index (Phi) is 5.26. The Morgan fingerprint density at radius 3 is 2.55 bits per heavy atom. The number of rotatable bonds is 6. The first-order chi connectivity index (χ1) is 9.22. The second-order valence-electron chi connectivity index (χ2n) is 4.03. The van der Waals surface area contributed by atoms with Crippen LogP contribution in [0.4, 0.5) is 19.0 Å². The molecule has 2 N–H and O–H groups in total. The molecule has 0 saturated carbocycles. The molecule has 1 rings (SSSR count). The van der Waals surface area contributed by atoms with Gasteiger partial charge in [0.25, 0.3) is 0 Å². The maximum Gasteiger partial charge on any atom is 0.411 e. The number of carboxylic acids is 1. The predicted molar refractivity (Wildman–Crippen MR) is 63.8 cm³/mol. The first kappa shape index (κ1) is 16.2. The van der Waals surface area contributed by atoms with Gasteiger partial charge < -0.3 is 15.2 Å². The zero-order valence-corrected chi connectivity index (χ0v) is 10.9. The standard InChI is InChI=1S/C11H14F3N3O3/c1-6-7(2)16-17-9(8(6)10(18)19)15-3-4-20-5-11(12,13)14/h3-5H2,1-2H3,(H,15,17)(H,18,19). The molecule has 0 aliphatic rings. The van der Waals surface area contributed by atoms with Crippen molar-refractivity contribution >= 4 is 11.8 Å². The van der Waals surface area contributed by atoms with Gasteiger partial charge in [-0.15, -0.1) is 5.10 Å². The van der Waals surface area contributed by atoms with E-state index < -0.39 is 18.8 Å². The number of nitrogens with one attached hydrogen (secondary N) is 1. The van der Waals surface area contributed by atoms with Gasteiger partial charge >= 0.3 is 12.1 Å². The number of halogens is 3.